The van der Waals surface area contributed by atoms with E-state index in [-0.39, 0.29) is 17.8 Å². The summed E-state index contributed by atoms with van der Waals surface area (Å²) < 4.78 is 0. The fraction of sp³-hybridized carbons (Fsp3) is 0.529. The second kappa shape index (κ2) is 8.12. The highest BCUT2D eigenvalue weighted by atomic mass is 16.4. The maximum Gasteiger partial charge on any atom is 0.308 e. The first-order chi connectivity index (χ1) is 11.5. The number of nitrogens with two attached hydrogens (primary N) is 1. The number of nitrogens with zero attached hydrogens (tertiary/aromatic N) is 2. The number of oxime groups is 1. The molecule has 3 unspecified atom stereocenters. The van der Waals surface area contributed by atoms with Crippen molar-refractivity contribution >= 4 is 11.8 Å². The molecule has 1 aromatic rings. The summed E-state index contributed by atoms with van der Waals surface area (Å²) in [5.74, 6) is -1.12. The van der Waals surface area contributed by atoms with Crippen LogP contribution >= 0.6 is 0 Å². The molecule has 1 aliphatic rings. The summed E-state index contributed by atoms with van der Waals surface area (Å²) in [5.41, 5.74) is 6.82. The van der Waals surface area contributed by atoms with Gasteiger partial charge in [0.25, 0.3) is 0 Å². The molecule has 1 fully saturated rings. The molecular formula is C17H25N3O4. The van der Waals surface area contributed by atoms with E-state index < -0.39 is 12.1 Å². The fourth-order valence-electron chi connectivity index (χ4n) is 3.45. The van der Waals surface area contributed by atoms with Gasteiger partial charge in [-0.25, -0.2) is 0 Å². The number of aliphatic hydroxyl groups excluding tert-OH is 1. The molecule has 5 N–H and O–H groups in total. The zero-order valence-electron chi connectivity index (χ0n) is 13.8. The van der Waals surface area contributed by atoms with E-state index in [1.807, 2.05) is 6.92 Å². The minimum atomic E-state index is -0.760. The van der Waals surface area contributed by atoms with Crippen molar-refractivity contribution in [2.24, 2.45) is 16.8 Å². The van der Waals surface area contributed by atoms with Crippen LogP contribution in [0.2, 0.25) is 0 Å². The highest BCUT2D eigenvalue weighted by Crippen LogP contribution is 2.28. The molecule has 1 saturated heterocycles. The van der Waals surface area contributed by atoms with E-state index in [4.69, 9.17) is 10.9 Å². The van der Waals surface area contributed by atoms with Crippen LogP contribution < -0.4 is 5.73 Å². The fourth-order valence-corrected chi connectivity index (χ4v) is 3.45. The Hall–Kier alpha value is -2.12. The predicted molar refractivity (Wildman–Crippen MR) is 89.9 cm³/mol. The van der Waals surface area contributed by atoms with Gasteiger partial charge in [-0.3, -0.25) is 9.69 Å². The largest absolute Gasteiger partial charge is 0.481 e. The number of piperidine rings is 1. The first-order valence-electron chi connectivity index (χ1n) is 8.20. The van der Waals surface area contributed by atoms with Gasteiger partial charge in [0.15, 0.2) is 5.84 Å². The Morgan fingerprint density at radius 3 is 2.62 bits per heavy atom. The van der Waals surface area contributed by atoms with Crippen molar-refractivity contribution in [3.05, 3.63) is 35.4 Å². The second-order valence-corrected chi connectivity index (χ2v) is 6.18. The standard InChI is InChI=1S/C17H25N3O4/c1-2-14-13(17(22)23)4-3-9-20(14)10-15(21)11-5-7-12(8-6-11)16(18)19-24/h5-8,13-15,21,24H,2-4,9-10H2,1H3,(H2,18,19)(H,22,23). The van der Waals surface area contributed by atoms with E-state index in [0.29, 0.717) is 18.5 Å². The third-order valence-corrected chi connectivity index (χ3v) is 4.74. The topological polar surface area (TPSA) is 119 Å². The predicted octanol–water partition coefficient (Wildman–Crippen LogP) is 1.39. The summed E-state index contributed by atoms with van der Waals surface area (Å²) in [5, 5.41) is 31.5. The molecule has 7 nitrogen and oxygen atoms in total. The van der Waals surface area contributed by atoms with Crippen LogP contribution in [-0.4, -0.2) is 51.3 Å². The van der Waals surface area contributed by atoms with Crippen molar-refractivity contribution in [1.29, 1.82) is 0 Å². The van der Waals surface area contributed by atoms with Crippen molar-refractivity contribution in [3.8, 4) is 0 Å². The number of likely N-dealkylation sites (tertiary alicyclic amines) is 1. The van der Waals surface area contributed by atoms with Crippen LogP contribution in [0.5, 0.6) is 0 Å². The number of amidine groups is 1. The Bertz CT molecular complexity index is 588. The number of carbonyl (C=O) groups is 1. The molecule has 1 aromatic carbocycles. The first kappa shape index (κ1) is 18.2. The van der Waals surface area contributed by atoms with Crippen molar-refractivity contribution in [2.45, 2.75) is 38.3 Å². The summed E-state index contributed by atoms with van der Waals surface area (Å²) in [4.78, 5) is 13.5. The number of β-amino-alcohol motifs (C(OH)–C–C–N with tert-alkyl or cyclic N) is 1. The normalized spacial score (nSPS) is 23.8. The van der Waals surface area contributed by atoms with Gasteiger partial charge in [-0.1, -0.05) is 36.3 Å². The number of rotatable bonds is 6. The van der Waals surface area contributed by atoms with Gasteiger partial charge >= 0.3 is 5.97 Å². The van der Waals surface area contributed by atoms with Crippen LogP contribution in [0.4, 0.5) is 0 Å². The number of benzene rings is 1. The molecule has 2 rings (SSSR count). The van der Waals surface area contributed by atoms with Gasteiger partial charge in [0, 0.05) is 18.2 Å². The lowest BCUT2D eigenvalue weighted by Gasteiger charge is -2.40. The summed E-state index contributed by atoms with van der Waals surface area (Å²) in [6, 6.07) is 6.78. The van der Waals surface area contributed by atoms with Gasteiger partial charge < -0.3 is 21.2 Å². The lowest BCUT2D eigenvalue weighted by molar-refractivity contribution is -0.146. The minimum Gasteiger partial charge on any atom is -0.481 e. The average molecular weight is 335 g/mol. The molecule has 3 atom stereocenters. The third-order valence-electron chi connectivity index (χ3n) is 4.74. The van der Waals surface area contributed by atoms with Crippen LogP contribution in [0.15, 0.2) is 29.4 Å². The molecular weight excluding hydrogens is 310 g/mol. The van der Waals surface area contributed by atoms with Crippen molar-refractivity contribution in [3.63, 3.8) is 0 Å². The molecule has 0 saturated carbocycles. The van der Waals surface area contributed by atoms with Crippen LogP contribution in [0, 0.1) is 5.92 Å². The zero-order valence-corrected chi connectivity index (χ0v) is 13.8. The summed E-state index contributed by atoms with van der Waals surface area (Å²) in [7, 11) is 0. The van der Waals surface area contributed by atoms with E-state index >= 15 is 0 Å². The summed E-state index contributed by atoms with van der Waals surface area (Å²) in [6.45, 7) is 3.17. The van der Waals surface area contributed by atoms with Crippen molar-refractivity contribution in [1.82, 2.24) is 4.90 Å². The summed E-state index contributed by atoms with van der Waals surface area (Å²) >= 11 is 0. The van der Waals surface area contributed by atoms with E-state index in [9.17, 15) is 15.0 Å². The van der Waals surface area contributed by atoms with Crippen LogP contribution in [-0.2, 0) is 4.79 Å². The van der Waals surface area contributed by atoms with E-state index in [1.165, 1.54) is 0 Å². The van der Waals surface area contributed by atoms with Crippen LogP contribution in [0.3, 0.4) is 0 Å². The Morgan fingerprint density at radius 1 is 1.42 bits per heavy atom. The second-order valence-electron chi connectivity index (χ2n) is 6.18. The SMILES string of the molecule is CCC1C(C(=O)O)CCCN1CC(O)c1ccc(C(N)=NO)cc1. The molecule has 0 amide bonds. The highest BCUT2D eigenvalue weighted by molar-refractivity contribution is 5.96. The van der Waals surface area contributed by atoms with Gasteiger partial charge in [0.05, 0.1) is 12.0 Å². The lowest BCUT2D eigenvalue weighted by atomic mass is 9.87. The number of hydrogen-bond donors (Lipinski definition) is 4. The van der Waals surface area contributed by atoms with Crippen LogP contribution in [0.1, 0.15) is 43.4 Å². The Balaban J connectivity index is 2.07. The Morgan fingerprint density at radius 2 is 2.08 bits per heavy atom. The van der Waals surface area contributed by atoms with Gasteiger partial charge in [-0.05, 0) is 31.4 Å². The van der Waals surface area contributed by atoms with Crippen molar-refractivity contribution < 1.29 is 20.2 Å². The summed E-state index contributed by atoms with van der Waals surface area (Å²) in [6.07, 6.45) is 1.54. The molecule has 1 heterocycles. The average Bonchev–Trinajstić information content (AvgIpc) is 2.60. The smallest absolute Gasteiger partial charge is 0.308 e. The maximum absolute atomic E-state index is 11.4. The first-order valence-corrected chi connectivity index (χ1v) is 8.20. The van der Waals surface area contributed by atoms with Gasteiger partial charge in [-0.15, -0.1) is 0 Å². The van der Waals surface area contributed by atoms with Crippen molar-refractivity contribution in [2.75, 3.05) is 13.1 Å². The molecule has 7 heteroatoms. The highest BCUT2D eigenvalue weighted by Gasteiger charge is 2.35. The van der Waals surface area contributed by atoms with Gasteiger partial charge in [0.1, 0.15) is 0 Å². The molecule has 0 aliphatic carbocycles. The minimum absolute atomic E-state index is 0.0161. The molecule has 24 heavy (non-hydrogen) atoms. The molecule has 132 valence electrons. The van der Waals surface area contributed by atoms with Crippen LogP contribution in [0.25, 0.3) is 0 Å². The number of aliphatic hydroxyl groups is 1. The zero-order chi connectivity index (χ0) is 17.7. The number of carboxylic acids is 1. The maximum atomic E-state index is 11.4. The number of aliphatic carboxylic acids is 1. The molecule has 0 radical (unpaired) electrons. The quantitative estimate of drug-likeness (QED) is 0.270. The van der Waals surface area contributed by atoms with E-state index in [1.54, 1.807) is 24.3 Å². The molecule has 0 bridgehead atoms. The molecule has 0 spiro atoms. The third kappa shape index (κ3) is 4.04. The van der Waals surface area contributed by atoms with E-state index in [2.05, 4.69) is 10.1 Å². The monoisotopic (exact) mass is 335 g/mol. The van der Waals surface area contributed by atoms with Gasteiger partial charge in [-0.2, -0.15) is 0 Å². The molecule has 1 aliphatic heterocycles. The molecule has 0 aromatic heterocycles. The van der Waals surface area contributed by atoms with E-state index in [0.717, 1.165) is 24.9 Å². The Labute approximate surface area is 141 Å². The number of carboxylic acid groups (broad SMARTS) is 1. The lowest BCUT2D eigenvalue weighted by Crippen LogP contribution is -2.49. The number of hydrogen-bond acceptors (Lipinski definition) is 5. The van der Waals surface area contributed by atoms with Gasteiger partial charge in [0.2, 0.25) is 0 Å². The Kier molecular flexibility index (Phi) is 6.16.